The minimum Gasteiger partial charge on any atom is -0.0836 e. The highest BCUT2D eigenvalue weighted by Crippen LogP contribution is 2.31. The molecule has 0 bridgehead atoms. The molecule has 0 aliphatic heterocycles. The molecule has 0 fully saturated rings. The van der Waals surface area contributed by atoms with Crippen LogP contribution in [-0.4, -0.2) is 0 Å². The van der Waals surface area contributed by atoms with Gasteiger partial charge in [-0.05, 0) is 30.0 Å². The van der Waals surface area contributed by atoms with E-state index in [0.29, 0.717) is 0 Å². The SMILES string of the molecule is Cc1cc(Br)c2c(Cl)cccc2c1. The first-order valence-electron chi connectivity index (χ1n) is 4.03. The molecule has 0 amide bonds. The summed E-state index contributed by atoms with van der Waals surface area (Å²) >= 11 is 9.60. The third-order valence-corrected chi connectivity index (χ3v) is 2.96. The van der Waals surface area contributed by atoms with E-state index in [0.717, 1.165) is 14.9 Å². The fourth-order valence-electron chi connectivity index (χ4n) is 1.47. The summed E-state index contributed by atoms with van der Waals surface area (Å²) in [5.74, 6) is 0. The van der Waals surface area contributed by atoms with Gasteiger partial charge in [0.25, 0.3) is 0 Å². The van der Waals surface area contributed by atoms with Gasteiger partial charge in [-0.25, -0.2) is 0 Å². The molecule has 0 nitrogen and oxygen atoms in total. The normalized spacial score (nSPS) is 10.7. The zero-order valence-electron chi connectivity index (χ0n) is 7.14. The molecule has 0 atom stereocenters. The Hall–Kier alpha value is -0.530. The van der Waals surface area contributed by atoms with Crippen molar-refractivity contribution in [2.24, 2.45) is 0 Å². The smallest absolute Gasteiger partial charge is 0.0495 e. The average molecular weight is 256 g/mol. The lowest BCUT2D eigenvalue weighted by atomic mass is 10.1. The van der Waals surface area contributed by atoms with Crippen LogP contribution in [0.15, 0.2) is 34.8 Å². The Morgan fingerprint density at radius 2 is 2.00 bits per heavy atom. The van der Waals surface area contributed by atoms with Crippen molar-refractivity contribution >= 4 is 38.3 Å². The molecule has 66 valence electrons. The Balaban J connectivity index is 2.94. The molecular weight excluding hydrogens is 247 g/mol. The van der Waals surface area contributed by atoms with Gasteiger partial charge in [-0.3, -0.25) is 0 Å². The Morgan fingerprint density at radius 1 is 1.23 bits per heavy atom. The fourth-order valence-corrected chi connectivity index (χ4v) is 2.67. The van der Waals surface area contributed by atoms with Crippen molar-refractivity contribution in [3.63, 3.8) is 0 Å². The molecule has 2 heteroatoms. The standard InChI is InChI=1S/C11H8BrCl/c1-7-5-8-3-2-4-10(13)11(8)9(12)6-7/h2-6H,1H3. The van der Waals surface area contributed by atoms with Gasteiger partial charge in [0.2, 0.25) is 0 Å². The second-order valence-corrected chi connectivity index (χ2v) is 4.35. The maximum absolute atomic E-state index is 6.08. The molecule has 0 saturated heterocycles. The number of benzene rings is 2. The summed E-state index contributed by atoms with van der Waals surface area (Å²) in [6, 6.07) is 10.2. The first-order valence-corrected chi connectivity index (χ1v) is 5.20. The van der Waals surface area contributed by atoms with Gasteiger partial charge in [0.1, 0.15) is 0 Å². The highest BCUT2D eigenvalue weighted by Gasteiger charge is 2.02. The lowest BCUT2D eigenvalue weighted by molar-refractivity contribution is 1.49. The number of fused-ring (bicyclic) bond motifs is 1. The largest absolute Gasteiger partial charge is 0.0836 e. The minimum atomic E-state index is 0.796. The lowest BCUT2D eigenvalue weighted by Gasteiger charge is -2.04. The zero-order chi connectivity index (χ0) is 9.42. The highest BCUT2D eigenvalue weighted by molar-refractivity contribution is 9.10. The van der Waals surface area contributed by atoms with Gasteiger partial charge in [0.05, 0.1) is 0 Å². The summed E-state index contributed by atoms with van der Waals surface area (Å²) in [6.07, 6.45) is 0. The third-order valence-electron chi connectivity index (χ3n) is 2.02. The van der Waals surface area contributed by atoms with E-state index in [9.17, 15) is 0 Å². The topological polar surface area (TPSA) is 0 Å². The molecule has 0 spiro atoms. The quantitative estimate of drug-likeness (QED) is 0.647. The van der Waals surface area contributed by atoms with Gasteiger partial charge in [-0.2, -0.15) is 0 Å². The van der Waals surface area contributed by atoms with Gasteiger partial charge in [0.15, 0.2) is 0 Å². The van der Waals surface area contributed by atoms with E-state index in [1.165, 1.54) is 10.9 Å². The second kappa shape index (κ2) is 3.32. The molecular formula is C11H8BrCl. The first-order chi connectivity index (χ1) is 6.18. The monoisotopic (exact) mass is 254 g/mol. The molecule has 0 N–H and O–H groups in total. The van der Waals surface area contributed by atoms with Crippen LogP contribution in [0.25, 0.3) is 10.8 Å². The van der Waals surface area contributed by atoms with Crippen LogP contribution in [0.5, 0.6) is 0 Å². The summed E-state index contributed by atoms with van der Waals surface area (Å²) in [5, 5.41) is 3.07. The van der Waals surface area contributed by atoms with Crippen LogP contribution in [0.2, 0.25) is 5.02 Å². The van der Waals surface area contributed by atoms with Crippen molar-refractivity contribution in [1.82, 2.24) is 0 Å². The molecule has 0 aromatic heterocycles. The van der Waals surface area contributed by atoms with Crippen molar-refractivity contribution in [3.8, 4) is 0 Å². The zero-order valence-corrected chi connectivity index (χ0v) is 9.48. The Kier molecular flexibility index (Phi) is 2.31. The van der Waals surface area contributed by atoms with E-state index in [4.69, 9.17) is 11.6 Å². The summed E-state index contributed by atoms with van der Waals surface area (Å²) in [4.78, 5) is 0. The third kappa shape index (κ3) is 1.59. The summed E-state index contributed by atoms with van der Waals surface area (Å²) < 4.78 is 1.06. The number of aryl methyl sites for hydroxylation is 1. The van der Waals surface area contributed by atoms with E-state index in [1.54, 1.807) is 0 Å². The van der Waals surface area contributed by atoms with Crippen molar-refractivity contribution in [2.75, 3.05) is 0 Å². The van der Waals surface area contributed by atoms with Crippen molar-refractivity contribution in [3.05, 3.63) is 45.4 Å². The fraction of sp³-hybridized carbons (Fsp3) is 0.0909. The maximum atomic E-state index is 6.08. The van der Waals surface area contributed by atoms with E-state index < -0.39 is 0 Å². The Bertz CT molecular complexity index is 463. The summed E-state index contributed by atoms with van der Waals surface area (Å²) in [7, 11) is 0. The van der Waals surface area contributed by atoms with Crippen molar-refractivity contribution in [2.45, 2.75) is 6.92 Å². The van der Waals surface area contributed by atoms with Crippen LogP contribution in [0, 0.1) is 6.92 Å². The van der Waals surface area contributed by atoms with Crippen molar-refractivity contribution in [1.29, 1.82) is 0 Å². The van der Waals surface area contributed by atoms with Crippen LogP contribution >= 0.6 is 27.5 Å². The average Bonchev–Trinajstić information content (AvgIpc) is 2.02. The first kappa shape index (κ1) is 9.04. The predicted octanol–water partition coefficient (Wildman–Crippen LogP) is 4.56. The van der Waals surface area contributed by atoms with Crippen LogP contribution < -0.4 is 0 Å². The molecule has 0 heterocycles. The molecule has 0 aliphatic carbocycles. The van der Waals surface area contributed by atoms with Gasteiger partial charge in [0, 0.05) is 14.9 Å². The molecule has 13 heavy (non-hydrogen) atoms. The molecule has 0 aliphatic rings. The van der Waals surface area contributed by atoms with Gasteiger partial charge >= 0.3 is 0 Å². The molecule has 0 unspecified atom stereocenters. The van der Waals surface area contributed by atoms with Gasteiger partial charge in [-0.1, -0.05) is 45.7 Å². The number of rotatable bonds is 0. The number of hydrogen-bond acceptors (Lipinski definition) is 0. The Labute approximate surface area is 90.6 Å². The summed E-state index contributed by atoms with van der Waals surface area (Å²) in [5.41, 5.74) is 1.24. The van der Waals surface area contributed by atoms with Gasteiger partial charge in [-0.15, -0.1) is 0 Å². The predicted molar refractivity (Wildman–Crippen MR) is 61.4 cm³/mol. The highest BCUT2D eigenvalue weighted by atomic mass is 79.9. The minimum absolute atomic E-state index is 0.796. The van der Waals surface area contributed by atoms with Crippen molar-refractivity contribution < 1.29 is 0 Å². The molecule has 2 rings (SSSR count). The Morgan fingerprint density at radius 3 is 2.77 bits per heavy atom. The second-order valence-electron chi connectivity index (χ2n) is 3.08. The molecule has 2 aromatic carbocycles. The molecule has 0 saturated carbocycles. The van der Waals surface area contributed by atoms with E-state index in [2.05, 4.69) is 41.1 Å². The van der Waals surface area contributed by atoms with Gasteiger partial charge < -0.3 is 0 Å². The molecule has 0 radical (unpaired) electrons. The molecule has 2 aromatic rings. The van der Waals surface area contributed by atoms with Crippen LogP contribution in [0.3, 0.4) is 0 Å². The summed E-state index contributed by atoms with van der Waals surface area (Å²) in [6.45, 7) is 2.07. The van der Waals surface area contributed by atoms with E-state index in [1.807, 2.05) is 12.1 Å². The lowest BCUT2D eigenvalue weighted by Crippen LogP contribution is -1.79. The number of hydrogen-bond donors (Lipinski definition) is 0. The van der Waals surface area contributed by atoms with E-state index >= 15 is 0 Å². The van der Waals surface area contributed by atoms with Crippen LogP contribution in [0.4, 0.5) is 0 Å². The maximum Gasteiger partial charge on any atom is 0.0495 e. The van der Waals surface area contributed by atoms with Crippen LogP contribution in [-0.2, 0) is 0 Å². The number of halogens is 2. The van der Waals surface area contributed by atoms with E-state index in [-0.39, 0.29) is 0 Å². The van der Waals surface area contributed by atoms with Crippen LogP contribution in [0.1, 0.15) is 5.56 Å².